The summed E-state index contributed by atoms with van der Waals surface area (Å²) in [6.07, 6.45) is 12.5. The monoisotopic (exact) mass is 579 g/mol. The first-order valence-electron chi connectivity index (χ1n) is 16.1. The van der Waals surface area contributed by atoms with Crippen LogP contribution in [-0.2, 0) is 4.79 Å². The number of amides is 2. The number of likely N-dealkylation sites (tertiary alicyclic amines) is 1. The molecule has 2 aliphatic carbocycles. The number of benzene rings is 1. The fraction of sp³-hybridized carbons (Fsp3) is 0.667. The van der Waals surface area contributed by atoms with Crippen molar-refractivity contribution in [2.24, 2.45) is 5.92 Å². The zero-order valence-electron chi connectivity index (χ0n) is 25.7. The molecule has 0 radical (unpaired) electrons. The number of hydrogen-bond acceptors (Lipinski definition) is 6. The third-order valence-electron chi connectivity index (χ3n) is 9.51. The molecule has 0 bridgehead atoms. The number of ether oxygens (including phenoxy) is 2. The number of hydrogen-bond donors (Lipinski definition) is 2. The van der Waals surface area contributed by atoms with Crippen molar-refractivity contribution in [2.75, 3.05) is 33.9 Å². The van der Waals surface area contributed by atoms with Crippen molar-refractivity contribution in [2.45, 2.75) is 102 Å². The largest absolute Gasteiger partial charge is 0.496 e. The Morgan fingerprint density at radius 1 is 0.976 bits per heavy atom. The Bertz CT molecular complexity index is 1180. The molecule has 5 rings (SSSR count). The lowest BCUT2D eigenvalue weighted by Gasteiger charge is -2.30. The zero-order valence-corrected chi connectivity index (χ0v) is 25.7. The van der Waals surface area contributed by atoms with Gasteiger partial charge in [0.05, 0.1) is 31.5 Å². The molecular formula is C33H49N5O4. The summed E-state index contributed by atoms with van der Waals surface area (Å²) in [6.45, 7) is 5.32. The third-order valence-corrected chi connectivity index (χ3v) is 9.51. The molecule has 42 heavy (non-hydrogen) atoms. The van der Waals surface area contributed by atoms with Gasteiger partial charge < -0.3 is 25.0 Å². The Kier molecular flexibility index (Phi) is 10.4. The second-order valence-corrected chi connectivity index (χ2v) is 12.5. The van der Waals surface area contributed by atoms with E-state index in [2.05, 4.69) is 22.5 Å². The average molecular weight is 580 g/mol. The Labute approximate surface area is 250 Å². The van der Waals surface area contributed by atoms with Gasteiger partial charge in [-0.2, -0.15) is 5.10 Å². The summed E-state index contributed by atoms with van der Waals surface area (Å²) in [6, 6.07) is 7.79. The van der Waals surface area contributed by atoms with Crippen LogP contribution in [0.3, 0.4) is 0 Å². The van der Waals surface area contributed by atoms with Gasteiger partial charge in [0.25, 0.3) is 5.91 Å². The van der Waals surface area contributed by atoms with Crippen LogP contribution in [-0.4, -0.2) is 72.4 Å². The van der Waals surface area contributed by atoms with Crippen molar-refractivity contribution in [3.8, 4) is 22.8 Å². The number of carbonyl (C=O) groups is 2. The van der Waals surface area contributed by atoms with Crippen molar-refractivity contribution < 1.29 is 19.1 Å². The Morgan fingerprint density at radius 2 is 1.69 bits per heavy atom. The molecular weight excluding hydrogens is 530 g/mol. The molecule has 1 aromatic carbocycles. The number of aromatic nitrogens is 2. The molecule has 2 N–H and O–H groups in total. The van der Waals surface area contributed by atoms with Crippen LogP contribution in [0.25, 0.3) is 11.3 Å². The highest BCUT2D eigenvalue weighted by molar-refractivity contribution is 5.94. The number of carbonyl (C=O) groups excluding carboxylic acids is 2. The highest BCUT2D eigenvalue weighted by Gasteiger charge is 2.31. The Balaban J connectivity index is 1.41. The maximum atomic E-state index is 13.9. The molecule has 1 saturated heterocycles. The first-order valence-corrected chi connectivity index (χ1v) is 16.1. The van der Waals surface area contributed by atoms with Crippen molar-refractivity contribution in [3.05, 3.63) is 30.0 Å². The van der Waals surface area contributed by atoms with Gasteiger partial charge in [-0.1, -0.05) is 32.3 Å². The molecule has 9 heteroatoms. The van der Waals surface area contributed by atoms with Crippen LogP contribution in [0.1, 0.15) is 101 Å². The fourth-order valence-corrected chi connectivity index (χ4v) is 6.78. The summed E-state index contributed by atoms with van der Waals surface area (Å²) in [7, 11) is 3.30. The molecule has 1 aromatic heterocycles. The SMILES string of the molecule is COc1cccc(OC)c1-c1cc(C(=O)N[C@@H](CCN2CCCCC2)CC(=O)NC2CCC2)nn1C1CCCCC1C. The van der Waals surface area contributed by atoms with E-state index < -0.39 is 0 Å². The van der Waals surface area contributed by atoms with Gasteiger partial charge in [-0.25, -0.2) is 0 Å². The highest BCUT2D eigenvalue weighted by atomic mass is 16.5. The molecule has 3 aliphatic rings. The second kappa shape index (κ2) is 14.4. The molecule has 3 atom stereocenters. The molecule has 2 unspecified atom stereocenters. The van der Waals surface area contributed by atoms with Gasteiger partial charge in [0.1, 0.15) is 11.5 Å². The lowest BCUT2D eigenvalue weighted by Crippen LogP contribution is -2.45. The van der Waals surface area contributed by atoms with Gasteiger partial charge in [-0.15, -0.1) is 0 Å². The summed E-state index contributed by atoms with van der Waals surface area (Å²) < 4.78 is 13.5. The van der Waals surface area contributed by atoms with E-state index in [0.717, 1.165) is 69.4 Å². The van der Waals surface area contributed by atoms with Crippen LogP contribution in [0.5, 0.6) is 11.5 Å². The topological polar surface area (TPSA) is 97.7 Å². The van der Waals surface area contributed by atoms with E-state index in [4.69, 9.17) is 14.6 Å². The lowest BCUT2D eigenvalue weighted by molar-refractivity contribution is -0.122. The van der Waals surface area contributed by atoms with Gasteiger partial charge in [0.2, 0.25) is 5.91 Å². The molecule has 1 aliphatic heterocycles. The minimum Gasteiger partial charge on any atom is -0.496 e. The third kappa shape index (κ3) is 7.28. The quantitative estimate of drug-likeness (QED) is 0.352. The van der Waals surface area contributed by atoms with Crippen LogP contribution in [0.2, 0.25) is 0 Å². The molecule has 2 heterocycles. The fourth-order valence-electron chi connectivity index (χ4n) is 6.78. The van der Waals surface area contributed by atoms with E-state index in [-0.39, 0.29) is 36.4 Å². The summed E-state index contributed by atoms with van der Waals surface area (Å²) in [5.74, 6) is 1.56. The Hall–Kier alpha value is -3.07. The number of nitrogens with zero attached hydrogens (tertiary/aromatic N) is 3. The van der Waals surface area contributed by atoms with Crippen LogP contribution >= 0.6 is 0 Å². The van der Waals surface area contributed by atoms with Crippen molar-refractivity contribution in [1.29, 1.82) is 0 Å². The van der Waals surface area contributed by atoms with Gasteiger partial charge in [-0.3, -0.25) is 14.3 Å². The van der Waals surface area contributed by atoms with Crippen LogP contribution in [0.4, 0.5) is 0 Å². The van der Waals surface area contributed by atoms with E-state index in [0.29, 0.717) is 23.1 Å². The van der Waals surface area contributed by atoms with Crippen molar-refractivity contribution >= 4 is 11.8 Å². The lowest BCUT2D eigenvalue weighted by atomic mass is 9.86. The van der Waals surface area contributed by atoms with Gasteiger partial charge in [0.15, 0.2) is 5.69 Å². The van der Waals surface area contributed by atoms with E-state index in [1.807, 2.05) is 28.9 Å². The highest BCUT2D eigenvalue weighted by Crippen LogP contribution is 2.42. The minimum absolute atomic E-state index is 0.0182. The molecule has 2 aromatic rings. The second-order valence-electron chi connectivity index (χ2n) is 12.5. The van der Waals surface area contributed by atoms with Crippen molar-refractivity contribution in [3.63, 3.8) is 0 Å². The summed E-state index contributed by atoms with van der Waals surface area (Å²) in [4.78, 5) is 29.2. The normalized spacial score (nSPS) is 22.2. The Morgan fingerprint density at radius 3 is 2.33 bits per heavy atom. The predicted molar refractivity (Wildman–Crippen MR) is 164 cm³/mol. The molecule has 2 saturated carbocycles. The minimum atomic E-state index is -0.262. The van der Waals surface area contributed by atoms with Gasteiger partial charge in [-0.05, 0) is 88.6 Å². The van der Waals surface area contributed by atoms with E-state index in [1.54, 1.807) is 14.2 Å². The van der Waals surface area contributed by atoms with E-state index in [1.165, 1.54) is 32.1 Å². The first-order chi connectivity index (χ1) is 20.5. The predicted octanol–water partition coefficient (Wildman–Crippen LogP) is 5.35. The molecule has 230 valence electrons. The van der Waals surface area contributed by atoms with Crippen LogP contribution in [0.15, 0.2) is 24.3 Å². The maximum Gasteiger partial charge on any atom is 0.272 e. The smallest absolute Gasteiger partial charge is 0.272 e. The molecule has 2 amide bonds. The first kappa shape index (κ1) is 30.4. The number of methoxy groups -OCH3 is 2. The zero-order chi connectivity index (χ0) is 29.5. The van der Waals surface area contributed by atoms with Crippen LogP contribution in [0, 0.1) is 5.92 Å². The molecule has 0 spiro atoms. The van der Waals surface area contributed by atoms with Crippen molar-refractivity contribution in [1.82, 2.24) is 25.3 Å². The summed E-state index contributed by atoms with van der Waals surface area (Å²) >= 11 is 0. The standard InChI is InChI=1S/C33H49N5O4/c1-23-11-5-6-14-27(23)38-28(32-29(41-2)15-10-16-30(32)42-3)22-26(36-38)33(40)35-25(17-20-37-18-7-4-8-19-37)21-31(39)34-24-12-9-13-24/h10,15-16,22-25,27H,4-9,11-14,17-21H2,1-3H3,(H,34,39)(H,35,40)/t23?,25-,27?/m0/s1. The molecule has 9 nitrogen and oxygen atoms in total. The van der Waals surface area contributed by atoms with E-state index in [9.17, 15) is 9.59 Å². The summed E-state index contributed by atoms with van der Waals surface area (Å²) in [5, 5.41) is 11.3. The number of piperidine rings is 1. The van der Waals surface area contributed by atoms with Gasteiger partial charge in [0, 0.05) is 25.0 Å². The molecule has 3 fully saturated rings. The number of rotatable bonds is 12. The summed E-state index contributed by atoms with van der Waals surface area (Å²) in [5.41, 5.74) is 1.98. The number of nitrogens with one attached hydrogen (secondary N) is 2. The van der Waals surface area contributed by atoms with E-state index >= 15 is 0 Å². The van der Waals surface area contributed by atoms with Crippen LogP contribution < -0.4 is 20.1 Å². The van der Waals surface area contributed by atoms with Gasteiger partial charge >= 0.3 is 0 Å². The average Bonchev–Trinajstić information content (AvgIpc) is 3.43. The maximum absolute atomic E-state index is 13.9.